The molecule has 6 heteroatoms. The average Bonchev–Trinajstić information content (AvgIpc) is 2.89. The van der Waals surface area contributed by atoms with E-state index in [9.17, 15) is 9.59 Å². The molecule has 0 aliphatic carbocycles. The lowest BCUT2D eigenvalue weighted by molar-refractivity contribution is -0.137. The second kappa shape index (κ2) is 7.55. The Morgan fingerprint density at radius 1 is 1.22 bits per heavy atom. The fraction of sp³-hybridized carbons (Fsp3) is 0.476. The molecule has 0 saturated carbocycles. The number of fused-ring (bicyclic) bond motifs is 1. The van der Waals surface area contributed by atoms with Crippen molar-refractivity contribution < 1.29 is 9.53 Å². The van der Waals surface area contributed by atoms with E-state index < -0.39 is 0 Å². The molecule has 0 radical (unpaired) electrons. The average molecular weight is 367 g/mol. The molecule has 1 aromatic heterocycles. The van der Waals surface area contributed by atoms with E-state index in [0.717, 1.165) is 55.8 Å². The molecule has 0 bridgehead atoms. The second-order valence-electron chi connectivity index (χ2n) is 7.50. The molecule has 3 heterocycles. The highest BCUT2D eigenvalue weighted by Crippen LogP contribution is 2.30. The SMILES string of the molecule is Cc1nc(C2CCN(C(=O)C3CCOc4ccccc4C3)CC2)cc(=O)[nH]1. The highest BCUT2D eigenvalue weighted by Gasteiger charge is 2.31. The summed E-state index contributed by atoms with van der Waals surface area (Å²) in [6.45, 7) is 3.82. The van der Waals surface area contributed by atoms with Crippen molar-refractivity contribution in [1.82, 2.24) is 14.9 Å². The van der Waals surface area contributed by atoms with Gasteiger partial charge in [-0.05, 0) is 44.2 Å². The van der Waals surface area contributed by atoms with Gasteiger partial charge in [0.1, 0.15) is 11.6 Å². The normalized spacial score (nSPS) is 20.5. The number of aromatic nitrogens is 2. The summed E-state index contributed by atoms with van der Waals surface area (Å²) < 4.78 is 5.80. The number of amides is 1. The zero-order chi connectivity index (χ0) is 18.8. The van der Waals surface area contributed by atoms with Crippen LogP contribution >= 0.6 is 0 Å². The number of likely N-dealkylation sites (tertiary alicyclic amines) is 1. The summed E-state index contributed by atoms with van der Waals surface area (Å²) >= 11 is 0. The summed E-state index contributed by atoms with van der Waals surface area (Å²) in [5, 5.41) is 0. The van der Waals surface area contributed by atoms with Crippen molar-refractivity contribution in [3.8, 4) is 5.75 Å². The van der Waals surface area contributed by atoms with Crippen molar-refractivity contribution in [2.45, 2.75) is 38.5 Å². The minimum atomic E-state index is -0.104. The number of H-pyrrole nitrogens is 1. The molecule has 142 valence electrons. The maximum Gasteiger partial charge on any atom is 0.251 e. The molecule has 2 aromatic rings. The first-order valence-electron chi connectivity index (χ1n) is 9.67. The standard InChI is InChI=1S/C21H25N3O3/c1-14-22-18(13-20(25)23-14)15-6-9-24(10-7-15)21(26)17-8-11-27-19-5-3-2-4-16(19)12-17/h2-5,13,15,17H,6-12H2,1H3,(H,22,23,25). The van der Waals surface area contributed by atoms with Crippen LogP contribution in [0, 0.1) is 12.8 Å². The van der Waals surface area contributed by atoms with Gasteiger partial charge in [-0.1, -0.05) is 18.2 Å². The lowest BCUT2D eigenvalue weighted by Gasteiger charge is -2.34. The predicted molar refractivity (Wildman–Crippen MR) is 102 cm³/mol. The van der Waals surface area contributed by atoms with E-state index in [1.807, 2.05) is 29.2 Å². The summed E-state index contributed by atoms with van der Waals surface area (Å²) in [4.78, 5) is 33.9. The van der Waals surface area contributed by atoms with Gasteiger partial charge in [0.25, 0.3) is 5.56 Å². The van der Waals surface area contributed by atoms with Crippen molar-refractivity contribution >= 4 is 5.91 Å². The monoisotopic (exact) mass is 367 g/mol. The van der Waals surface area contributed by atoms with Crippen molar-refractivity contribution in [3.05, 3.63) is 57.8 Å². The molecule has 2 aliphatic heterocycles. The quantitative estimate of drug-likeness (QED) is 0.885. The third-order valence-electron chi connectivity index (χ3n) is 5.62. The summed E-state index contributed by atoms with van der Waals surface area (Å²) in [6.07, 6.45) is 3.19. The van der Waals surface area contributed by atoms with Gasteiger partial charge in [0.05, 0.1) is 12.3 Å². The van der Waals surface area contributed by atoms with E-state index >= 15 is 0 Å². The van der Waals surface area contributed by atoms with Gasteiger partial charge in [-0.2, -0.15) is 0 Å². The molecule has 1 amide bonds. The van der Waals surface area contributed by atoms with Crippen LogP contribution in [-0.4, -0.2) is 40.5 Å². The first-order valence-corrected chi connectivity index (χ1v) is 9.67. The number of hydrogen-bond donors (Lipinski definition) is 1. The van der Waals surface area contributed by atoms with E-state index in [1.165, 1.54) is 0 Å². The molecule has 1 unspecified atom stereocenters. The van der Waals surface area contributed by atoms with Crippen LogP contribution < -0.4 is 10.3 Å². The molecule has 1 aromatic carbocycles. The molecule has 27 heavy (non-hydrogen) atoms. The van der Waals surface area contributed by atoms with Crippen LogP contribution in [-0.2, 0) is 11.2 Å². The van der Waals surface area contributed by atoms with Crippen LogP contribution in [0.3, 0.4) is 0 Å². The number of aromatic amines is 1. The van der Waals surface area contributed by atoms with E-state index in [2.05, 4.69) is 9.97 Å². The Kier molecular flexibility index (Phi) is 4.97. The maximum atomic E-state index is 13.1. The third kappa shape index (κ3) is 3.89. The van der Waals surface area contributed by atoms with Crippen LogP contribution in [0.25, 0.3) is 0 Å². The summed E-state index contributed by atoms with van der Waals surface area (Å²) in [5.41, 5.74) is 1.86. The second-order valence-corrected chi connectivity index (χ2v) is 7.50. The number of carbonyl (C=O) groups is 1. The van der Waals surface area contributed by atoms with Crippen LogP contribution in [0.4, 0.5) is 0 Å². The van der Waals surface area contributed by atoms with Crippen molar-refractivity contribution in [3.63, 3.8) is 0 Å². The molecule has 0 spiro atoms. The van der Waals surface area contributed by atoms with Crippen LogP contribution in [0.15, 0.2) is 35.1 Å². The number of rotatable bonds is 2. The number of nitrogens with one attached hydrogen (secondary N) is 1. The first-order chi connectivity index (χ1) is 13.1. The zero-order valence-electron chi connectivity index (χ0n) is 15.6. The van der Waals surface area contributed by atoms with Crippen molar-refractivity contribution in [1.29, 1.82) is 0 Å². The summed E-state index contributed by atoms with van der Waals surface area (Å²) in [7, 11) is 0. The van der Waals surface area contributed by atoms with Crippen molar-refractivity contribution in [2.24, 2.45) is 5.92 Å². The topological polar surface area (TPSA) is 75.3 Å². The number of para-hydroxylation sites is 1. The third-order valence-corrected chi connectivity index (χ3v) is 5.62. The number of aryl methyl sites for hydroxylation is 1. The lowest BCUT2D eigenvalue weighted by Crippen LogP contribution is -2.42. The number of ether oxygens (including phenoxy) is 1. The van der Waals surface area contributed by atoms with Gasteiger partial charge in [0.15, 0.2) is 0 Å². The number of piperidine rings is 1. The molecule has 1 N–H and O–H groups in total. The molecular weight excluding hydrogens is 342 g/mol. The predicted octanol–water partition coefficient (Wildman–Crippen LogP) is 2.43. The van der Waals surface area contributed by atoms with Gasteiger partial charge >= 0.3 is 0 Å². The Morgan fingerprint density at radius 2 is 2.00 bits per heavy atom. The Balaban J connectivity index is 1.40. The van der Waals surface area contributed by atoms with E-state index in [4.69, 9.17) is 4.74 Å². The Bertz CT molecular complexity index is 884. The van der Waals surface area contributed by atoms with E-state index in [1.54, 1.807) is 13.0 Å². The van der Waals surface area contributed by atoms with E-state index in [0.29, 0.717) is 12.4 Å². The fourth-order valence-electron chi connectivity index (χ4n) is 4.17. The summed E-state index contributed by atoms with van der Waals surface area (Å²) in [5.74, 6) is 2.00. The maximum absolute atomic E-state index is 13.1. The molecule has 4 rings (SSSR count). The largest absolute Gasteiger partial charge is 0.493 e. The van der Waals surface area contributed by atoms with E-state index in [-0.39, 0.29) is 23.3 Å². The Morgan fingerprint density at radius 3 is 2.78 bits per heavy atom. The number of nitrogens with zero attached hydrogens (tertiary/aromatic N) is 2. The number of hydrogen-bond acceptors (Lipinski definition) is 4. The highest BCUT2D eigenvalue weighted by atomic mass is 16.5. The van der Waals surface area contributed by atoms with Gasteiger partial charge in [-0.25, -0.2) is 4.98 Å². The minimum Gasteiger partial charge on any atom is -0.493 e. The van der Waals surface area contributed by atoms with Crippen LogP contribution in [0.2, 0.25) is 0 Å². The van der Waals surface area contributed by atoms with Gasteiger partial charge < -0.3 is 14.6 Å². The molecular formula is C21H25N3O3. The molecule has 1 atom stereocenters. The fourth-order valence-corrected chi connectivity index (χ4v) is 4.17. The van der Waals surface area contributed by atoms with Gasteiger partial charge in [0, 0.05) is 31.0 Å². The first kappa shape index (κ1) is 17.8. The van der Waals surface area contributed by atoms with Gasteiger partial charge in [-0.15, -0.1) is 0 Å². The smallest absolute Gasteiger partial charge is 0.251 e. The Hall–Kier alpha value is -2.63. The van der Waals surface area contributed by atoms with Crippen molar-refractivity contribution in [2.75, 3.05) is 19.7 Å². The van der Waals surface area contributed by atoms with Crippen LogP contribution in [0.5, 0.6) is 5.75 Å². The lowest BCUT2D eigenvalue weighted by atomic mass is 9.90. The van der Waals surface area contributed by atoms with Gasteiger partial charge in [-0.3, -0.25) is 9.59 Å². The minimum absolute atomic E-state index is 0.0230. The van der Waals surface area contributed by atoms with Gasteiger partial charge in [0.2, 0.25) is 5.91 Å². The summed E-state index contributed by atoms with van der Waals surface area (Å²) in [6, 6.07) is 9.58. The molecule has 2 aliphatic rings. The Labute approximate surface area is 158 Å². The van der Waals surface area contributed by atoms with Crippen LogP contribution in [0.1, 0.15) is 42.3 Å². The zero-order valence-corrected chi connectivity index (χ0v) is 15.6. The molecule has 1 saturated heterocycles. The highest BCUT2D eigenvalue weighted by molar-refractivity contribution is 5.79. The molecule has 1 fully saturated rings. The number of benzene rings is 1. The number of carbonyl (C=O) groups excluding carboxylic acids is 1. The molecule has 6 nitrogen and oxygen atoms in total.